The summed E-state index contributed by atoms with van der Waals surface area (Å²) in [6.45, 7) is 6.63. The normalized spacial score (nSPS) is 25.0. The Morgan fingerprint density at radius 2 is 2.22 bits per heavy atom. The molecule has 3 heterocycles. The third-order valence-corrected chi connectivity index (χ3v) is 5.59. The minimum atomic E-state index is -0.0282. The van der Waals surface area contributed by atoms with Crippen molar-refractivity contribution in [2.75, 3.05) is 25.5 Å². The SMILES string of the molecule is COCc1csc(NC(=O)N2CC[C@H]3CC[C@@H](C2)N3C(C)C)n1. The lowest BCUT2D eigenvalue weighted by Gasteiger charge is -2.32. The maximum absolute atomic E-state index is 12.6. The van der Waals surface area contributed by atoms with Gasteiger partial charge in [0, 0.05) is 43.7 Å². The molecule has 2 bridgehead atoms. The van der Waals surface area contributed by atoms with Crippen molar-refractivity contribution in [3.05, 3.63) is 11.1 Å². The number of anilines is 1. The number of likely N-dealkylation sites (tertiary alicyclic amines) is 1. The molecule has 6 nitrogen and oxygen atoms in total. The predicted molar refractivity (Wildman–Crippen MR) is 91.8 cm³/mol. The summed E-state index contributed by atoms with van der Waals surface area (Å²) in [5.74, 6) is 0. The zero-order valence-electron chi connectivity index (χ0n) is 14.1. The maximum atomic E-state index is 12.6. The summed E-state index contributed by atoms with van der Waals surface area (Å²) in [4.78, 5) is 21.5. The Bertz CT molecular complexity index is 548. The number of fused-ring (bicyclic) bond motifs is 2. The number of carbonyl (C=O) groups excluding carboxylic acids is 1. The fourth-order valence-corrected chi connectivity index (χ4v) is 4.57. The summed E-state index contributed by atoms with van der Waals surface area (Å²) in [7, 11) is 1.64. The van der Waals surface area contributed by atoms with E-state index in [2.05, 4.69) is 29.0 Å². The summed E-state index contributed by atoms with van der Waals surface area (Å²) in [6.07, 6.45) is 3.53. The molecular weight excluding hydrogens is 312 g/mol. The largest absolute Gasteiger partial charge is 0.378 e. The lowest BCUT2D eigenvalue weighted by atomic mass is 10.1. The highest BCUT2D eigenvalue weighted by atomic mass is 32.1. The zero-order chi connectivity index (χ0) is 16.4. The van der Waals surface area contributed by atoms with E-state index >= 15 is 0 Å². The number of rotatable bonds is 4. The Morgan fingerprint density at radius 1 is 1.43 bits per heavy atom. The monoisotopic (exact) mass is 338 g/mol. The number of hydrogen-bond donors (Lipinski definition) is 1. The van der Waals surface area contributed by atoms with Crippen molar-refractivity contribution in [1.82, 2.24) is 14.8 Å². The first-order valence-electron chi connectivity index (χ1n) is 8.35. The highest BCUT2D eigenvalue weighted by Crippen LogP contribution is 2.32. The van der Waals surface area contributed by atoms with E-state index in [1.807, 2.05) is 10.3 Å². The molecule has 128 valence electrons. The number of thiazole rings is 1. The van der Waals surface area contributed by atoms with Gasteiger partial charge in [0.05, 0.1) is 12.3 Å². The number of ether oxygens (including phenoxy) is 1. The molecule has 2 amide bonds. The summed E-state index contributed by atoms with van der Waals surface area (Å²) < 4.78 is 5.06. The average molecular weight is 338 g/mol. The quantitative estimate of drug-likeness (QED) is 0.917. The van der Waals surface area contributed by atoms with Crippen molar-refractivity contribution in [3.63, 3.8) is 0 Å². The van der Waals surface area contributed by atoms with E-state index in [-0.39, 0.29) is 6.03 Å². The second-order valence-corrected chi connectivity index (χ2v) is 7.53. The van der Waals surface area contributed by atoms with E-state index in [1.54, 1.807) is 7.11 Å². The van der Waals surface area contributed by atoms with E-state index in [0.29, 0.717) is 29.9 Å². The van der Waals surface area contributed by atoms with E-state index < -0.39 is 0 Å². The van der Waals surface area contributed by atoms with Gasteiger partial charge >= 0.3 is 6.03 Å². The van der Waals surface area contributed by atoms with Crippen molar-refractivity contribution in [3.8, 4) is 0 Å². The van der Waals surface area contributed by atoms with Gasteiger partial charge in [-0.3, -0.25) is 10.2 Å². The number of hydrogen-bond acceptors (Lipinski definition) is 5. The van der Waals surface area contributed by atoms with Crippen LogP contribution in [0.4, 0.5) is 9.93 Å². The predicted octanol–water partition coefficient (Wildman–Crippen LogP) is 2.77. The van der Waals surface area contributed by atoms with Gasteiger partial charge in [-0.05, 0) is 33.1 Å². The number of aromatic nitrogens is 1. The molecule has 0 unspecified atom stereocenters. The number of urea groups is 1. The average Bonchev–Trinajstić information content (AvgIpc) is 3.03. The van der Waals surface area contributed by atoms with E-state index in [1.165, 1.54) is 24.2 Å². The molecule has 2 saturated heterocycles. The van der Waals surface area contributed by atoms with Crippen LogP contribution in [0.15, 0.2) is 5.38 Å². The first kappa shape index (κ1) is 16.7. The highest BCUT2D eigenvalue weighted by molar-refractivity contribution is 7.13. The maximum Gasteiger partial charge on any atom is 0.323 e. The molecular formula is C16H26N4O2S. The van der Waals surface area contributed by atoms with Crippen LogP contribution in [0.3, 0.4) is 0 Å². The molecule has 0 aromatic carbocycles. The van der Waals surface area contributed by atoms with Gasteiger partial charge in [0.15, 0.2) is 5.13 Å². The Morgan fingerprint density at radius 3 is 2.96 bits per heavy atom. The van der Waals surface area contributed by atoms with Gasteiger partial charge in [0.2, 0.25) is 0 Å². The van der Waals surface area contributed by atoms with Gasteiger partial charge in [-0.15, -0.1) is 11.3 Å². The van der Waals surface area contributed by atoms with Crippen molar-refractivity contribution in [2.24, 2.45) is 0 Å². The van der Waals surface area contributed by atoms with Gasteiger partial charge in [-0.25, -0.2) is 9.78 Å². The molecule has 2 aliphatic heterocycles. The third kappa shape index (κ3) is 3.67. The zero-order valence-corrected chi connectivity index (χ0v) is 14.9. The van der Waals surface area contributed by atoms with Gasteiger partial charge in [-0.1, -0.05) is 0 Å². The minimum Gasteiger partial charge on any atom is -0.378 e. The van der Waals surface area contributed by atoms with Crippen molar-refractivity contribution < 1.29 is 9.53 Å². The summed E-state index contributed by atoms with van der Waals surface area (Å²) in [6, 6.07) is 1.64. The van der Waals surface area contributed by atoms with E-state index in [9.17, 15) is 4.79 Å². The smallest absolute Gasteiger partial charge is 0.323 e. The molecule has 0 radical (unpaired) electrons. The molecule has 1 aromatic rings. The van der Waals surface area contributed by atoms with Crippen LogP contribution in [0.5, 0.6) is 0 Å². The van der Waals surface area contributed by atoms with Crippen LogP contribution in [0.25, 0.3) is 0 Å². The van der Waals surface area contributed by atoms with Crippen molar-refractivity contribution in [1.29, 1.82) is 0 Å². The minimum absolute atomic E-state index is 0.0282. The molecule has 0 spiro atoms. The Balaban J connectivity index is 1.61. The molecule has 3 rings (SSSR count). The number of methoxy groups -OCH3 is 1. The fraction of sp³-hybridized carbons (Fsp3) is 0.750. The first-order chi connectivity index (χ1) is 11.1. The third-order valence-electron chi connectivity index (χ3n) is 4.78. The number of amides is 2. The van der Waals surface area contributed by atoms with Crippen LogP contribution in [0.1, 0.15) is 38.8 Å². The van der Waals surface area contributed by atoms with Crippen LogP contribution in [0.2, 0.25) is 0 Å². The number of carbonyl (C=O) groups is 1. The number of nitrogens with one attached hydrogen (secondary N) is 1. The molecule has 2 aliphatic rings. The second-order valence-electron chi connectivity index (χ2n) is 6.67. The summed E-state index contributed by atoms with van der Waals surface area (Å²) >= 11 is 1.45. The van der Waals surface area contributed by atoms with Gasteiger partial charge in [-0.2, -0.15) is 0 Å². The Hall–Kier alpha value is -1.18. The molecule has 2 atom stereocenters. The van der Waals surface area contributed by atoms with Gasteiger partial charge in [0.1, 0.15) is 0 Å². The standard InChI is InChI=1S/C16H26N4O2S/c1-11(2)20-13-4-5-14(20)8-19(7-6-13)16(21)18-15-17-12(9-22-3)10-23-15/h10-11,13-14H,4-9H2,1-3H3,(H,17,18,21)/t13-,14+/m1/s1. The topological polar surface area (TPSA) is 57.7 Å². The van der Waals surface area contributed by atoms with E-state index in [0.717, 1.165) is 25.2 Å². The van der Waals surface area contributed by atoms with Crippen molar-refractivity contribution in [2.45, 2.75) is 57.8 Å². The number of nitrogens with zero attached hydrogens (tertiary/aromatic N) is 3. The van der Waals surface area contributed by atoms with Crippen LogP contribution < -0.4 is 5.32 Å². The van der Waals surface area contributed by atoms with Gasteiger partial charge < -0.3 is 9.64 Å². The molecule has 7 heteroatoms. The highest BCUT2D eigenvalue weighted by Gasteiger charge is 2.39. The van der Waals surface area contributed by atoms with Crippen molar-refractivity contribution >= 4 is 22.5 Å². The molecule has 1 aromatic heterocycles. The van der Waals surface area contributed by atoms with Crippen LogP contribution in [0, 0.1) is 0 Å². The lowest BCUT2D eigenvalue weighted by molar-refractivity contribution is 0.149. The van der Waals surface area contributed by atoms with E-state index in [4.69, 9.17) is 4.74 Å². The molecule has 0 aliphatic carbocycles. The first-order valence-corrected chi connectivity index (χ1v) is 9.23. The Labute approximate surface area is 141 Å². The van der Waals surface area contributed by atoms with Crippen LogP contribution in [-0.4, -0.2) is 59.1 Å². The molecule has 23 heavy (non-hydrogen) atoms. The second kappa shape index (κ2) is 7.15. The summed E-state index contributed by atoms with van der Waals surface area (Å²) in [5.41, 5.74) is 0.855. The van der Waals surface area contributed by atoms with Crippen LogP contribution >= 0.6 is 11.3 Å². The molecule has 1 N–H and O–H groups in total. The van der Waals surface area contributed by atoms with Crippen LogP contribution in [-0.2, 0) is 11.3 Å². The Kier molecular flexibility index (Phi) is 5.18. The molecule has 2 fully saturated rings. The van der Waals surface area contributed by atoms with Gasteiger partial charge in [0.25, 0.3) is 0 Å². The fourth-order valence-electron chi connectivity index (χ4n) is 3.89. The lowest BCUT2D eigenvalue weighted by Crippen LogP contribution is -2.45. The molecule has 0 saturated carbocycles. The summed E-state index contributed by atoms with van der Waals surface area (Å²) in [5, 5.41) is 5.51.